The zero-order valence-corrected chi connectivity index (χ0v) is 11.5. The van der Waals surface area contributed by atoms with E-state index in [0.29, 0.717) is 12.0 Å². The van der Waals surface area contributed by atoms with Crippen molar-refractivity contribution in [2.75, 3.05) is 7.11 Å². The Labute approximate surface area is 118 Å². The summed E-state index contributed by atoms with van der Waals surface area (Å²) in [6.45, 7) is 0. The Kier molecular flexibility index (Phi) is 5.09. The topological polar surface area (TPSA) is 47.3 Å². The first-order valence-corrected chi connectivity index (χ1v) is 6.55. The number of ether oxygens (including phenoxy) is 1. The van der Waals surface area contributed by atoms with Crippen molar-refractivity contribution in [1.82, 2.24) is 5.43 Å². The summed E-state index contributed by atoms with van der Waals surface area (Å²) in [6.07, 6.45) is 1.28. The van der Waals surface area contributed by atoms with Crippen LogP contribution in [0.2, 0.25) is 0 Å². The fourth-order valence-corrected chi connectivity index (χ4v) is 2.17. The van der Waals surface area contributed by atoms with E-state index < -0.39 is 0 Å². The number of hydrazine groups is 1. The van der Waals surface area contributed by atoms with Crippen LogP contribution in [0.3, 0.4) is 0 Å². The minimum Gasteiger partial charge on any atom is -0.497 e. The summed E-state index contributed by atoms with van der Waals surface area (Å²) in [4.78, 5) is 0. The highest BCUT2D eigenvalue weighted by Gasteiger charge is 2.11. The molecule has 0 aliphatic heterocycles. The number of benzene rings is 2. The van der Waals surface area contributed by atoms with Gasteiger partial charge in [-0.2, -0.15) is 0 Å². The summed E-state index contributed by atoms with van der Waals surface area (Å²) in [5.74, 6) is 6.20. The van der Waals surface area contributed by atoms with Crippen LogP contribution in [0.15, 0.2) is 48.5 Å². The number of rotatable bonds is 6. The normalized spacial score (nSPS) is 12.2. The van der Waals surface area contributed by atoms with Crippen LogP contribution in [-0.2, 0) is 12.8 Å². The number of nitrogens with one attached hydrogen (secondary N) is 1. The second kappa shape index (κ2) is 7.03. The Balaban J connectivity index is 2.03. The van der Waals surface area contributed by atoms with Crippen LogP contribution in [0.1, 0.15) is 11.1 Å². The standard InChI is InChI=1S/C16H19FN2O/c1-20-15-8-6-12(7-9-15)10-14(19-18)11-13-4-2-3-5-16(13)17/h2-9,14,19H,10-11,18H2,1H3. The van der Waals surface area contributed by atoms with Gasteiger partial charge in [0.2, 0.25) is 0 Å². The molecule has 3 N–H and O–H groups in total. The largest absolute Gasteiger partial charge is 0.497 e. The Morgan fingerprint density at radius 3 is 2.40 bits per heavy atom. The van der Waals surface area contributed by atoms with Gasteiger partial charge in [0, 0.05) is 6.04 Å². The fraction of sp³-hybridized carbons (Fsp3) is 0.250. The molecule has 2 rings (SSSR count). The predicted molar refractivity (Wildman–Crippen MR) is 77.9 cm³/mol. The van der Waals surface area contributed by atoms with Crippen LogP contribution < -0.4 is 16.0 Å². The van der Waals surface area contributed by atoms with E-state index in [4.69, 9.17) is 10.6 Å². The molecule has 0 bridgehead atoms. The van der Waals surface area contributed by atoms with Crippen LogP contribution in [0.4, 0.5) is 4.39 Å². The van der Waals surface area contributed by atoms with E-state index in [-0.39, 0.29) is 11.9 Å². The van der Waals surface area contributed by atoms with Crippen molar-refractivity contribution >= 4 is 0 Å². The Morgan fingerprint density at radius 1 is 1.10 bits per heavy atom. The summed E-state index contributed by atoms with van der Waals surface area (Å²) < 4.78 is 18.8. The summed E-state index contributed by atoms with van der Waals surface area (Å²) in [5.41, 5.74) is 4.56. The number of hydrogen-bond donors (Lipinski definition) is 2. The third-order valence-electron chi connectivity index (χ3n) is 3.30. The molecule has 0 aliphatic rings. The summed E-state index contributed by atoms with van der Waals surface area (Å²) in [5, 5.41) is 0. The third kappa shape index (κ3) is 3.79. The van der Waals surface area contributed by atoms with Crippen molar-refractivity contribution in [3.63, 3.8) is 0 Å². The van der Waals surface area contributed by atoms with Crippen LogP contribution in [0, 0.1) is 5.82 Å². The first-order valence-electron chi connectivity index (χ1n) is 6.55. The second-order valence-corrected chi connectivity index (χ2v) is 4.71. The zero-order valence-electron chi connectivity index (χ0n) is 11.5. The van der Waals surface area contributed by atoms with Gasteiger partial charge in [-0.25, -0.2) is 4.39 Å². The van der Waals surface area contributed by atoms with Gasteiger partial charge >= 0.3 is 0 Å². The number of hydrogen-bond acceptors (Lipinski definition) is 3. The minimum absolute atomic E-state index is 0.0136. The SMILES string of the molecule is COc1ccc(CC(Cc2ccccc2F)NN)cc1. The van der Waals surface area contributed by atoms with Crippen LogP contribution in [-0.4, -0.2) is 13.2 Å². The molecular weight excluding hydrogens is 255 g/mol. The summed E-state index contributed by atoms with van der Waals surface area (Å²) in [6, 6.07) is 14.6. The Bertz CT molecular complexity index is 542. The molecule has 1 unspecified atom stereocenters. The molecule has 1 atom stereocenters. The van der Waals surface area contributed by atoms with Gasteiger partial charge in [-0.05, 0) is 42.2 Å². The lowest BCUT2D eigenvalue weighted by molar-refractivity contribution is 0.414. The van der Waals surface area contributed by atoms with E-state index in [2.05, 4.69) is 5.43 Å². The van der Waals surface area contributed by atoms with Gasteiger partial charge in [0.15, 0.2) is 0 Å². The molecule has 0 amide bonds. The molecule has 0 saturated carbocycles. The minimum atomic E-state index is -0.192. The molecule has 2 aromatic carbocycles. The van der Waals surface area contributed by atoms with Crippen molar-refractivity contribution in [3.05, 3.63) is 65.5 Å². The van der Waals surface area contributed by atoms with Crippen molar-refractivity contribution in [2.24, 2.45) is 5.84 Å². The molecule has 0 aromatic heterocycles. The van der Waals surface area contributed by atoms with E-state index in [0.717, 1.165) is 17.7 Å². The van der Waals surface area contributed by atoms with Gasteiger partial charge in [0.25, 0.3) is 0 Å². The highest BCUT2D eigenvalue weighted by Crippen LogP contribution is 2.15. The Hall–Kier alpha value is -1.91. The quantitative estimate of drug-likeness (QED) is 0.628. The van der Waals surface area contributed by atoms with Gasteiger partial charge in [-0.1, -0.05) is 30.3 Å². The van der Waals surface area contributed by atoms with E-state index in [1.54, 1.807) is 19.2 Å². The maximum atomic E-state index is 13.6. The van der Waals surface area contributed by atoms with Crippen molar-refractivity contribution in [1.29, 1.82) is 0 Å². The lowest BCUT2D eigenvalue weighted by Gasteiger charge is -2.16. The molecule has 0 radical (unpaired) electrons. The maximum Gasteiger partial charge on any atom is 0.126 e. The van der Waals surface area contributed by atoms with Crippen LogP contribution in [0.25, 0.3) is 0 Å². The van der Waals surface area contributed by atoms with Crippen molar-refractivity contribution < 1.29 is 9.13 Å². The lowest BCUT2D eigenvalue weighted by Crippen LogP contribution is -2.38. The van der Waals surface area contributed by atoms with Gasteiger partial charge in [-0.3, -0.25) is 11.3 Å². The third-order valence-corrected chi connectivity index (χ3v) is 3.30. The van der Waals surface area contributed by atoms with Crippen LogP contribution in [0.5, 0.6) is 5.75 Å². The Morgan fingerprint density at radius 2 is 1.80 bits per heavy atom. The second-order valence-electron chi connectivity index (χ2n) is 4.71. The average Bonchev–Trinajstić information content (AvgIpc) is 2.49. The number of halogens is 1. The van der Waals surface area contributed by atoms with E-state index in [1.165, 1.54) is 6.07 Å². The molecule has 2 aromatic rings. The van der Waals surface area contributed by atoms with Crippen molar-refractivity contribution in [2.45, 2.75) is 18.9 Å². The molecule has 4 heteroatoms. The number of methoxy groups -OCH3 is 1. The smallest absolute Gasteiger partial charge is 0.126 e. The van der Waals surface area contributed by atoms with Gasteiger partial charge < -0.3 is 4.74 Å². The van der Waals surface area contributed by atoms with Crippen molar-refractivity contribution in [3.8, 4) is 5.75 Å². The molecule has 20 heavy (non-hydrogen) atoms. The maximum absolute atomic E-state index is 13.6. The summed E-state index contributed by atoms with van der Waals surface area (Å²) >= 11 is 0. The van der Waals surface area contributed by atoms with E-state index in [1.807, 2.05) is 30.3 Å². The first-order chi connectivity index (χ1) is 9.72. The molecule has 0 spiro atoms. The predicted octanol–water partition coefficient (Wildman–Crippen LogP) is 2.45. The monoisotopic (exact) mass is 274 g/mol. The number of nitrogens with two attached hydrogens (primary N) is 1. The molecule has 106 valence electrons. The average molecular weight is 274 g/mol. The van der Waals surface area contributed by atoms with E-state index >= 15 is 0 Å². The molecule has 3 nitrogen and oxygen atoms in total. The zero-order chi connectivity index (χ0) is 14.4. The molecule has 0 aliphatic carbocycles. The van der Waals surface area contributed by atoms with Gasteiger partial charge in [-0.15, -0.1) is 0 Å². The highest BCUT2D eigenvalue weighted by atomic mass is 19.1. The molecule has 0 heterocycles. The van der Waals surface area contributed by atoms with Gasteiger partial charge in [0.05, 0.1) is 7.11 Å². The fourth-order valence-electron chi connectivity index (χ4n) is 2.17. The molecular formula is C16H19FN2O. The lowest BCUT2D eigenvalue weighted by atomic mass is 9.99. The highest BCUT2D eigenvalue weighted by molar-refractivity contribution is 5.28. The molecule has 0 saturated heterocycles. The van der Waals surface area contributed by atoms with E-state index in [9.17, 15) is 4.39 Å². The molecule has 0 fully saturated rings. The van der Waals surface area contributed by atoms with Gasteiger partial charge in [0.1, 0.15) is 11.6 Å². The first kappa shape index (κ1) is 14.5. The summed E-state index contributed by atoms with van der Waals surface area (Å²) in [7, 11) is 1.64. The van der Waals surface area contributed by atoms with Crippen LogP contribution >= 0.6 is 0 Å².